The van der Waals surface area contributed by atoms with Crippen molar-refractivity contribution >= 4 is 11.9 Å². The van der Waals surface area contributed by atoms with Gasteiger partial charge in [0.2, 0.25) is 0 Å². The SMILES string of the molecule is COc1cc2c(cc1OC)C(=O)/C(=C\c1ccc(F)cc1)C2. The van der Waals surface area contributed by atoms with Crippen LogP contribution in [0, 0.1) is 5.82 Å². The average Bonchev–Trinajstić information content (AvgIpc) is 2.83. The lowest BCUT2D eigenvalue weighted by molar-refractivity contribution is 0.104. The number of carbonyl (C=O) groups excluding carboxylic acids is 1. The number of rotatable bonds is 3. The van der Waals surface area contributed by atoms with E-state index in [1.165, 1.54) is 12.1 Å². The fourth-order valence-electron chi connectivity index (χ4n) is 2.61. The second-order valence-electron chi connectivity index (χ2n) is 5.09. The van der Waals surface area contributed by atoms with E-state index >= 15 is 0 Å². The van der Waals surface area contributed by atoms with Crippen molar-refractivity contribution in [3.05, 3.63) is 64.5 Å². The molecule has 3 rings (SSSR count). The lowest BCUT2D eigenvalue weighted by Gasteiger charge is -2.08. The monoisotopic (exact) mass is 298 g/mol. The highest BCUT2D eigenvalue weighted by atomic mass is 19.1. The predicted molar refractivity (Wildman–Crippen MR) is 82.0 cm³/mol. The van der Waals surface area contributed by atoms with Gasteiger partial charge < -0.3 is 9.47 Å². The number of benzene rings is 2. The molecule has 0 aliphatic heterocycles. The van der Waals surface area contributed by atoms with Crippen molar-refractivity contribution in [3.8, 4) is 11.5 Å². The molecule has 0 aromatic heterocycles. The third-order valence-electron chi connectivity index (χ3n) is 3.74. The zero-order chi connectivity index (χ0) is 15.7. The molecule has 22 heavy (non-hydrogen) atoms. The topological polar surface area (TPSA) is 35.5 Å². The van der Waals surface area contributed by atoms with E-state index in [2.05, 4.69) is 0 Å². The Labute approximate surface area is 128 Å². The minimum absolute atomic E-state index is 0.0275. The van der Waals surface area contributed by atoms with E-state index in [9.17, 15) is 9.18 Å². The first-order valence-electron chi connectivity index (χ1n) is 6.88. The molecule has 0 unspecified atom stereocenters. The van der Waals surface area contributed by atoms with Gasteiger partial charge >= 0.3 is 0 Å². The number of methoxy groups -OCH3 is 2. The molecule has 1 aliphatic rings. The summed E-state index contributed by atoms with van der Waals surface area (Å²) in [6, 6.07) is 9.61. The molecule has 0 heterocycles. The normalized spacial score (nSPS) is 15.0. The number of hydrogen-bond acceptors (Lipinski definition) is 3. The minimum atomic E-state index is -0.294. The van der Waals surface area contributed by atoms with E-state index in [4.69, 9.17) is 9.47 Å². The highest BCUT2D eigenvalue weighted by Crippen LogP contribution is 2.36. The number of allylic oxidation sites excluding steroid dienone is 1. The zero-order valence-corrected chi connectivity index (χ0v) is 12.4. The first-order chi connectivity index (χ1) is 10.6. The van der Waals surface area contributed by atoms with Gasteiger partial charge in [-0.25, -0.2) is 4.39 Å². The number of ketones is 1. The summed E-state index contributed by atoms with van der Waals surface area (Å²) in [6.07, 6.45) is 2.33. The van der Waals surface area contributed by atoms with Crippen LogP contribution in [0.1, 0.15) is 21.5 Å². The van der Waals surface area contributed by atoms with Crippen molar-refractivity contribution in [3.63, 3.8) is 0 Å². The number of halogens is 1. The number of fused-ring (bicyclic) bond motifs is 1. The summed E-state index contributed by atoms with van der Waals surface area (Å²) in [5.41, 5.74) is 3.02. The maximum absolute atomic E-state index is 12.9. The molecule has 2 aromatic carbocycles. The standard InChI is InChI=1S/C18H15FO3/c1-21-16-9-12-8-13(7-11-3-5-14(19)6-4-11)18(20)15(12)10-17(16)22-2/h3-7,9-10H,8H2,1-2H3/b13-7-. The summed E-state index contributed by atoms with van der Waals surface area (Å²) in [5, 5.41) is 0. The molecule has 2 aromatic rings. The van der Waals surface area contributed by atoms with Gasteiger partial charge in [-0.2, -0.15) is 0 Å². The van der Waals surface area contributed by atoms with E-state index < -0.39 is 0 Å². The molecule has 0 N–H and O–H groups in total. The van der Waals surface area contributed by atoms with Crippen molar-refractivity contribution in [2.45, 2.75) is 6.42 Å². The minimum Gasteiger partial charge on any atom is -0.493 e. The number of ether oxygens (including phenoxy) is 2. The van der Waals surface area contributed by atoms with Crippen molar-refractivity contribution < 1.29 is 18.7 Å². The fraction of sp³-hybridized carbons (Fsp3) is 0.167. The van der Waals surface area contributed by atoms with E-state index in [1.54, 1.807) is 38.5 Å². The molecule has 0 amide bonds. The molecule has 112 valence electrons. The Balaban J connectivity index is 1.98. The third-order valence-corrected chi connectivity index (χ3v) is 3.74. The second kappa shape index (κ2) is 5.64. The van der Waals surface area contributed by atoms with Gasteiger partial charge in [-0.3, -0.25) is 4.79 Å². The largest absolute Gasteiger partial charge is 0.493 e. The van der Waals surface area contributed by atoms with Gasteiger partial charge in [0.1, 0.15) is 5.82 Å². The summed E-state index contributed by atoms with van der Waals surface area (Å²) < 4.78 is 23.4. The Morgan fingerprint density at radius 3 is 2.32 bits per heavy atom. The van der Waals surface area contributed by atoms with E-state index in [1.807, 2.05) is 6.07 Å². The average molecular weight is 298 g/mol. The molecule has 0 atom stereocenters. The van der Waals surface area contributed by atoms with Crippen LogP contribution < -0.4 is 9.47 Å². The molecule has 4 heteroatoms. The molecule has 0 spiro atoms. The van der Waals surface area contributed by atoms with Gasteiger partial charge in [0, 0.05) is 17.6 Å². The van der Waals surface area contributed by atoms with Crippen LogP contribution in [-0.4, -0.2) is 20.0 Å². The van der Waals surface area contributed by atoms with Gasteiger partial charge in [-0.1, -0.05) is 12.1 Å². The van der Waals surface area contributed by atoms with Gasteiger partial charge in [0.25, 0.3) is 0 Å². The van der Waals surface area contributed by atoms with Crippen molar-refractivity contribution in [1.82, 2.24) is 0 Å². The van der Waals surface area contributed by atoms with Crippen LogP contribution in [0.3, 0.4) is 0 Å². The molecule has 0 saturated carbocycles. The molecule has 0 radical (unpaired) electrons. The molecule has 0 fully saturated rings. The van der Waals surface area contributed by atoms with E-state index in [0.29, 0.717) is 29.1 Å². The molecule has 0 bridgehead atoms. The highest BCUT2D eigenvalue weighted by molar-refractivity contribution is 6.15. The van der Waals surface area contributed by atoms with Crippen LogP contribution in [0.2, 0.25) is 0 Å². The molecular weight excluding hydrogens is 283 g/mol. The van der Waals surface area contributed by atoms with Crippen LogP contribution >= 0.6 is 0 Å². The van der Waals surface area contributed by atoms with E-state index in [0.717, 1.165) is 11.1 Å². The Kier molecular flexibility index (Phi) is 3.67. The summed E-state index contributed by atoms with van der Waals surface area (Å²) in [7, 11) is 3.11. The summed E-state index contributed by atoms with van der Waals surface area (Å²) in [5.74, 6) is 0.827. The molecular formula is C18H15FO3. The van der Waals surface area contributed by atoms with Crippen LogP contribution in [0.5, 0.6) is 11.5 Å². The van der Waals surface area contributed by atoms with E-state index in [-0.39, 0.29) is 11.6 Å². The van der Waals surface area contributed by atoms with Gasteiger partial charge in [0.15, 0.2) is 17.3 Å². The maximum Gasteiger partial charge on any atom is 0.189 e. The third kappa shape index (κ3) is 2.48. The lowest BCUT2D eigenvalue weighted by Crippen LogP contribution is -1.97. The Morgan fingerprint density at radius 1 is 1.05 bits per heavy atom. The number of carbonyl (C=O) groups is 1. The van der Waals surface area contributed by atoms with Crippen LogP contribution in [0.4, 0.5) is 4.39 Å². The van der Waals surface area contributed by atoms with Crippen LogP contribution in [0.25, 0.3) is 6.08 Å². The van der Waals surface area contributed by atoms with Crippen molar-refractivity contribution in [2.24, 2.45) is 0 Å². The highest BCUT2D eigenvalue weighted by Gasteiger charge is 2.27. The fourth-order valence-corrected chi connectivity index (χ4v) is 2.61. The Morgan fingerprint density at radius 2 is 1.68 bits per heavy atom. The molecule has 1 aliphatic carbocycles. The smallest absolute Gasteiger partial charge is 0.189 e. The number of Topliss-reactive ketones (excluding diaryl/α,β-unsaturated/α-hetero) is 1. The zero-order valence-electron chi connectivity index (χ0n) is 12.4. The van der Waals surface area contributed by atoms with Crippen molar-refractivity contribution in [2.75, 3.05) is 14.2 Å². The summed E-state index contributed by atoms with van der Waals surface area (Å²) in [6.45, 7) is 0. The first-order valence-corrected chi connectivity index (χ1v) is 6.88. The Hall–Kier alpha value is -2.62. The maximum atomic E-state index is 12.9. The van der Waals surface area contributed by atoms with Gasteiger partial charge in [-0.05, 0) is 41.5 Å². The Bertz CT molecular complexity index is 761. The quantitative estimate of drug-likeness (QED) is 0.811. The lowest BCUT2D eigenvalue weighted by atomic mass is 10.1. The number of hydrogen-bond donors (Lipinski definition) is 0. The predicted octanol–water partition coefficient (Wildman–Crippen LogP) is 3.67. The molecule has 0 saturated heterocycles. The summed E-state index contributed by atoms with van der Waals surface area (Å²) >= 11 is 0. The van der Waals surface area contributed by atoms with Crippen LogP contribution in [-0.2, 0) is 6.42 Å². The molecule has 3 nitrogen and oxygen atoms in total. The summed E-state index contributed by atoms with van der Waals surface area (Å²) in [4.78, 5) is 12.5. The van der Waals surface area contributed by atoms with Crippen LogP contribution in [0.15, 0.2) is 42.0 Å². The second-order valence-corrected chi connectivity index (χ2v) is 5.09. The van der Waals surface area contributed by atoms with Crippen molar-refractivity contribution in [1.29, 1.82) is 0 Å². The van der Waals surface area contributed by atoms with Gasteiger partial charge in [0.05, 0.1) is 14.2 Å². The van der Waals surface area contributed by atoms with Gasteiger partial charge in [-0.15, -0.1) is 0 Å². The first kappa shape index (κ1) is 14.3.